The second-order valence-electron chi connectivity index (χ2n) is 5.58. The number of benzene rings is 2. The Hall–Kier alpha value is -2.48. The highest BCUT2D eigenvalue weighted by atomic mass is 15.1. The molecule has 2 aromatic carbocycles. The molecule has 0 spiro atoms. The Labute approximate surface area is 124 Å². The second-order valence-corrected chi connectivity index (χ2v) is 5.58. The first-order valence-corrected chi connectivity index (χ1v) is 7.43. The molecule has 1 aliphatic rings. The zero-order valence-electron chi connectivity index (χ0n) is 12.1. The van der Waals surface area contributed by atoms with Crippen molar-refractivity contribution in [3.05, 3.63) is 65.9 Å². The Kier molecular flexibility index (Phi) is 2.81. The van der Waals surface area contributed by atoms with Crippen molar-refractivity contribution in [2.75, 3.05) is 11.9 Å². The molecule has 0 fully saturated rings. The molecule has 1 aromatic heterocycles. The number of anilines is 2. The zero-order chi connectivity index (χ0) is 14.2. The van der Waals surface area contributed by atoms with Crippen LogP contribution in [0.1, 0.15) is 17.7 Å². The molecule has 0 saturated carbocycles. The third-order valence-electron chi connectivity index (χ3n) is 4.28. The highest BCUT2D eigenvalue weighted by molar-refractivity contribution is 5.93. The quantitative estimate of drug-likeness (QED) is 0.704. The maximum absolute atomic E-state index is 3.55. The molecule has 1 aliphatic carbocycles. The first kappa shape index (κ1) is 12.3. The van der Waals surface area contributed by atoms with E-state index < -0.39 is 0 Å². The van der Waals surface area contributed by atoms with Gasteiger partial charge in [0.1, 0.15) is 0 Å². The number of hydrogen-bond acceptors (Lipinski definition) is 1. The van der Waals surface area contributed by atoms with Gasteiger partial charge >= 0.3 is 0 Å². The summed E-state index contributed by atoms with van der Waals surface area (Å²) >= 11 is 0. The van der Waals surface area contributed by atoms with Crippen LogP contribution in [0.2, 0.25) is 0 Å². The van der Waals surface area contributed by atoms with Crippen molar-refractivity contribution in [3.63, 3.8) is 0 Å². The molecule has 0 radical (unpaired) electrons. The van der Waals surface area contributed by atoms with Gasteiger partial charge in [0.15, 0.2) is 0 Å². The summed E-state index contributed by atoms with van der Waals surface area (Å²) in [6.45, 7) is 0. The lowest BCUT2D eigenvalue weighted by atomic mass is 10.0. The van der Waals surface area contributed by atoms with Gasteiger partial charge in [0, 0.05) is 40.6 Å². The molecule has 0 bridgehead atoms. The number of nitrogens with zero attached hydrogens (tertiary/aromatic N) is 1. The number of aromatic nitrogens is 1. The molecular weight excluding hydrogens is 256 g/mol. The molecule has 104 valence electrons. The standard InChI is InChI=1S/C19H18N2/c1-21(14-7-3-2-4-8-14)15-11-12-19-17(13-15)16-9-5-6-10-18(16)20-19/h2-5,7-9,11-13,20H,6,10H2,1H3. The summed E-state index contributed by atoms with van der Waals surface area (Å²) in [4.78, 5) is 5.78. The topological polar surface area (TPSA) is 19.0 Å². The number of aryl methyl sites for hydroxylation is 1. The van der Waals surface area contributed by atoms with Crippen molar-refractivity contribution in [2.45, 2.75) is 12.8 Å². The normalized spacial score (nSPS) is 13.4. The molecule has 2 heteroatoms. The fraction of sp³-hybridized carbons (Fsp3) is 0.158. The van der Waals surface area contributed by atoms with E-state index in [1.54, 1.807) is 0 Å². The third kappa shape index (κ3) is 2.04. The number of fused-ring (bicyclic) bond motifs is 3. The molecule has 3 aromatic rings. The van der Waals surface area contributed by atoms with E-state index in [4.69, 9.17) is 0 Å². The second kappa shape index (κ2) is 4.81. The van der Waals surface area contributed by atoms with Gasteiger partial charge in [0.25, 0.3) is 0 Å². The van der Waals surface area contributed by atoms with Crippen LogP contribution >= 0.6 is 0 Å². The van der Waals surface area contributed by atoms with Crippen LogP contribution in [0.4, 0.5) is 11.4 Å². The van der Waals surface area contributed by atoms with E-state index in [-0.39, 0.29) is 0 Å². The van der Waals surface area contributed by atoms with Gasteiger partial charge in [0.2, 0.25) is 0 Å². The van der Waals surface area contributed by atoms with Gasteiger partial charge < -0.3 is 9.88 Å². The van der Waals surface area contributed by atoms with E-state index in [0.29, 0.717) is 0 Å². The minimum atomic E-state index is 1.12. The lowest BCUT2D eigenvalue weighted by molar-refractivity contribution is 0.951. The number of para-hydroxylation sites is 1. The summed E-state index contributed by atoms with van der Waals surface area (Å²) in [7, 11) is 2.12. The highest BCUT2D eigenvalue weighted by Crippen LogP contribution is 2.32. The van der Waals surface area contributed by atoms with E-state index in [0.717, 1.165) is 12.8 Å². The fourth-order valence-electron chi connectivity index (χ4n) is 3.08. The van der Waals surface area contributed by atoms with Crippen LogP contribution in [0.15, 0.2) is 54.6 Å². The summed E-state index contributed by atoms with van der Waals surface area (Å²) in [6.07, 6.45) is 6.77. The Morgan fingerprint density at radius 3 is 2.71 bits per heavy atom. The van der Waals surface area contributed by atoms with Gasteiger partial charge in [-0.05, 0) is 43.2 Å². The van der Waals surface area contributed by atoms with Crippen LogP contribution in [0, 0.1) is 0 Å². The van der Waals surface area contributed by atoms with Gasteiger partial charge in [-0.3, -0.25) is 0 Å². The van der Waals surface area contributed by atoms with Crippen LogP contribution in [0.5, 0.6) is 0 Å². The monoisotopic (exact) mass is 274 g/mol. The molecule has 21 heavy (non-hydrogen) atoms. The molecule has 0 saturated heterocycles. The first-order valence-electron chi connectivity index (χ1n) is 7.43. The number of nitrogens with one attached hydrogen (secondary N) is 1. The molecule has 1 N–H and O–H groups in total. The zero-order valence-corrected chi connectivity index (χ0v) is 12.1. The number of rotatable bonds is 2. The van der Waals surface area contributed by atoms with Crippen LogP contribution < -0.4 is 4.90 Å². The largest absolute Gasteiger partial charge is 0.358 e. The maximum atomic E-state index is 3.55. The number of hydrogen-bond donors (Lipinski definition) is 1. The van der Waals surface area contributed by atoms with Crippen molar-refractivity contribution < 1.29 is 0 Å². The Bertz CT molecular complexity index is 812. The van der Waals surface area contributed by atoms with Crippen molar-refractivity contribution in [3.8, 4) is 0 Å². The minimum Gasteiger partial charge on any atom is -0.358 e. The minimum absolute atomic E-state index is 1.12. The van der Waals surface area contributed by atoms with Crippen LogP contribution in [0.25, 0.3) is 17.0 Å². The lowest BCUT2D eigenvalue weighted by Crippen LogP contribution is -2.08. The summed E-state index contributed by atoms with van der Waals surface area (Å²) in [5.74, 6) is 0. The summed E-state index contributed by atoms with van der Waals surface area (Å²) in [6, 6.07) is 17.1. The van der Waals surface area contributed by atoms with Gasteiger partial charge in [-0.15, -0.1) is 0 Å². The Balaban J connectivity index is 1.82. The van der Waals surface area contributed by atoms with Gasteiger partial charge in [-0.25, -0.2) is 0 Å². The number of aromatic amines is 1. The van der Waals surface area contributed by atoms with Crippen molar-refractivity contribution >= 4 is 28.4 Å². The third-order valence-corrected chi connectivity index (χ3v) is 4.28. The van der Waals surface area contributed by atoms with E-state index in [9.17, 15) is 0 Å². The first-order chi connectivity index (χ1) is 10.3. The maximum Gasteiger partial charge on any atom is 0.0463 e. The summed E-state index contributed by atoms with van der Waals surface area (Å²) in [5.41, 5.74) is 6.38. The Morgan fingerprint density at radius 2 is 1.86 bits per heavy atom. The predicted molar refractivity (Wildman–Crippen MR) is 90.2 cm³/mol. The summed E-state index contributed by atoms with van der Waals surface area (Å²) in [5, 5.41) is 1.32. The molecule has 1 heterocycles. The van der Waals surface area contributed by atoms with E-state index in [2.05, 4.69) is 71.5 Å². The van der Waals surface area contributed by atoms with Crippen LogP contribution in [-0.4, -0.2) is 12.0 Å². The molecular formula is C19H18N2. The molecule has 0 unspecified atom stereocenters. The molecule has 0 aliphatic heterocycles. The SMILES string of the molecule is CN(c1ccccc1)c1ccc2[nH]c3c(c2c1)C=CCC3. The molecule has 0 amide bonds. The molecule has 4 rings (SSSR count). The van der Waals surface area contributed by atoms with Crippen molar-refractivity contribution in [1.82, 2.24) is 4.98 Å². The van der Waals surface area contributed by atoms with E-state index >= 15 is 0 Å². The van der Waals surface area contributed by atoms with Gasteiger partial charge in [-0.2, -0.15) is 0 Å². The summed E-state index contributed by atoms with van der Waals surface area (Å²) < 4.78 is 0. The molecule has 0 atom stereocenters. The predicted octanol–water partition coefficient (Wildman–Crippen LogP) is 4.90. The fourth-order valence-corrected chi connectivity index (χ4v) is 3.08. The number of allylic oxidation sites excluding steroid dienone is 1. The lowest BCUT2D eigenvalue weighted by Gasteiger charge is -2.19. The van der Waals surface area contributed by atoms with Crippen molar-refractivity contribution in [2.24, 2.45) is 0 Å². The smallest absolute Gasteiger partial charge is 0.0463 e. The van der Waals surface area contributed by atoms with Crippen LogP contribution in [0.3, 0.4) is 0 Å². The highest BCUT2D eigenvalue weighted by Gasteiger charge is 2.13. The van der Waals surface area contributed by atoms with E-state index in [1.807, 2.05) is 6.07 Å². The van der Waals surface area contributed by atoms with Crippen LogP contribution in [-0.2, 0) is 6.42 Å². The van der Waals surface area contributed by atoms with Crippen molar-refractivity contribution in [1.29, 1.82) is 0 Å². The van der Waals surface area contributed by atoms with E-state index in [1.165, 1.54) is 33.5 Å². The average molecular weight is 274 g/mol. The molecule has 2 nitrogen and oxygen atoms in total. The average Bonchev–Trinajstić information content (AvgIpc) is 2.93. The number of H-pyrrole nitrogens is 1. The van der Waals surface area contributed by atoms with Gasteiger partial charge in [-0.1, -0.05) is 30.4 Å². The Morgan fingerprint density at radius 1 is 1.00 bits per heavy atom. The van der Waals surface area contributed by atoms with Gasteiger partial charge in [0.05, 0.1) is 0 Å².